The van der Waals surface area contributed by atoms with E-state index in [0.29, 0.717) is 24.0 Å². The third kappa shape index (κ3) is 5.67. The summed E-state index contributed by atoms with van der Waals surface area (Å²) in [4.78, 5) is 31.4. The Balaban J connectivity index is 1.71. The van der Waals surface area contributed by atoms with Crippen molar-refractivity contribution >= 4 is 40.1 Å². The van der Waals surface area contributed by atoms with Gasteiger partial charge in [0.05, 0.1) is 12.3 Å². The molecule has 31 heavy (non-hydrogen) atoms. The van der Waals surface area contributed by atoms with E-state index < -0.39 is 5.25 Å². The van der Waals surface area contributed by atoms with Crippen LogP contribution in [0.1, 0.15) is 37.8 Å². The molecule has 0 aliphatic carbocycles. The van der Waals surface area contributed by atoms with Crippen LogP contribution in [0.2, 0.25) is 0 Å². The predicted octanol–water partition coefficient (Wildman–Crippen LogP) is 4.95. The van der Waals surface area contributed by atoms with Crippen LogP contribution in [-0.4, -0.2) is 35.4 Å². The maximum Gasteiger partial charge on any atom is 0.247 e. The highest BCUT2D eigenvalue weighted by atomic mass is 32.2. The van der Waals surface area contributed by atoms with Gasteiger partial charge in [-0.05, 0) is 74.7 Å². The van der Waals surface area contributed by atoms with Crippen molar-refractivity contribution in [3.63, 3.8) is 0 Å². The molecule has 7 heteroatoms. The molecule has 1 heterocycles. The van der Waals surface area contributed by atoms with Gasteiger partial charge < -0.3 is 10.1 Å². The number of hydrogen-bond donors (Lipinski definition) is 1. The number of amidine groups is 1. The number of imide groups is 1. The Kier molecular flexibility index (Phi) is 7.74. The number of aryl methyl sites for hydroxylation is 2. The summed E-state index contributed by atoms with van der Waals surface area (Å²) in [5.41, 5.74) is 3.87. The van der Waals surface area contributed by atoms with Crippen molar-refractivity contribution in [1.29, 1.82) is 0 Å². The second-order valence-corrected chi connectivity index (χ2v) is 8.62. The molecule has 6 nitrogen and oxygen atoms in total. The minimum absolute atomic E-state index is 0.148. The molecule has 0 aromatic heterocycles. The summed E-state index contributed by atoms with van der Waals surface area (Å²) in [5, 5.41) is 3.44. The number of nitrogens with one attached hydrogen (secondary N) is 1. The van der Waals surface area contributed by atoms with Crippen molar-refractivity contribution in [2.24, 2.45) is 4.99 Å². The van der Waals surface area contributed by atoms with Gasteiger partial charge in [-0.25, -0.2) is 4.90 Å². The molecule has 2 aromatic carbocycles. The number of nitrogens with zero attached hydrogens (tertiary/aromatic N) is 2. The number of benzene rings is 2. The summed E-state index contributed by atoms with van der Waals surface area (Å²) in [7, 11) is 0. The van der Waals surface area contributed by atoms with Gasteiger partial charge in [0.15, 0.2) is 5.17 Å². The molecule has 3 rings (SSSR count). The Morgan fingerprint density at radius 2 is 1.87 bits per heavy atom. The summed E-state index contributed by atoms with van der Waals surface area (Å²) in [5.74, 6) is 0.306. The third-order valence-corrected chi connectivity index (χ3v) is 6.09. The van der Waals surface area contributed by atoms with Crippen molar-refractivity contribution in [2.45, 2.75) is 45.8 Å². The Bertz CT molecular complexity index is 973. The first-order valence-electron chi connectivity index (χ1n) is 10.6. The first-order chi connectivity index (χ1) is 14.9. The molecule has 1 N–H and O–H groups in total. The minimum atomic E-state index is -0.507. The van der Waals surface area contributed by atoms with Crippen LogP contribution < -0.4 is 15.0 Å². The molecule has 1 aliphatic heterocycles. The van der Waals surface area contributed by atoms with Gasteiger partial charge in [0, 0.05) is 18.7 Å². The van der Waals surface area contributed by atoms with E-state index in [1.165, 1.54) is 27.8 Å². The maximum absolute atomic E-state index is 13.0. The van der Waals surface area contributed by atoms with E-state index in [1.807, 2.05) is 26.0 Å². The predicted molar refractivity (Wildman–Crippen MR) is 128 cm³/mol. The van der Waals surface area contributed by atoms with Crippen molar-refractivity contribution in [3.05, 3.63) is 53.6 Å². The highest BCUT2D eigenvalue weighted by Gasteiger charge is 2.40. The summed E-state index contributed by atoms with van der Waals surface area (Å²) in [6.45, 7) is 9.32. The van der Waals surface area contributed by atoms with Crippen LogP contribution in [0, 0.1) is 13.8 Å². The molecule has 0 bridgehead atoms. The zero-order valence-electron chi connectivity index (χ0n) is 18.5. The lowest BCUT2D eigenvalue weighted by molar-refractivity contribution is -0.121. The fourth-order valence-corrected chi connectivity index (χ4v) is 4.29. The average molecular weight is 440 g/mol. The van der Waals surface area contributed by atoms with Crippen LogP contribution in [-0.2, 0) is 9.59 Å². The van der Waals surface area contributed by atoms with Crippen LogP contribution in [0.5, 0.6) is 5.75 Å². The molecule has 1 saturated heterocycles. The molecular weight excluding hydrogens is 410 g/mol. The van der Waals surface area contributed by atoms with Gasteiger partial charge in [0.2, 0.25) is 11.8 Å². The number of hydrogen-bond acceptors (Lipinski definition) is 5. The summed E-state index contributed by atoms with van der Waals surface area (Å²) in [6, 6.07) is 13.2. The van der Waals surface area contributed by atoms with Gasteiger partial charge in [0.25, 0.3) is 0 Å². The SMILES string of the molecule is CCCOc1ccc(N2C(=O)C[C@@H](SC(=NCC)Nc3ccc(C)c(C)c3)C2=O)cc1. The number of ether oxygens (including phenoxy) is 1. The summed E-state index contributed by atoms with van der Waals surface area (Å²) in [6.07, 6.45) is 1.07. The van der Waals surface area contributed by atoms with Crippen molar-refractivity contribution < 1.29 is 14.3 Å². The topological polar surface area (TPSA) is 71.0 Å². The third-order valence-electron chi connectivity index (χ3n) is 4.99. The van der Waals surface area contributed by atoms with Gasteiger partial charge in [0.1, 0.15) is 11.0 Å². The van der Waals surface area contributed by atoms with Crippen LogP contribution in [0.4, 0.5) is 11.4 Å². The average Bonchev–Trinajstić information content (AvgIpc) is 3.02. The molecule has 1 atom stereocenters. The second kappa shape index (κ2) is 10.5. The lowest BCUT2D eigenvalue weighted by Crippen LogP contribution is -2.31. The molecule has 0 spiro atoms. The van der Waals surface area contributed by atoms with E-state index in [2.05, 4.69) is 30.2 Å². The summed E-state index contributed by atoms with van der Waals surface area (Å²) < 4.78 is 5.58. The van der Waals surface area contributed by atoms with Gasteiger partial charge in [-0.3, -0.25) is 14.6 Å². The van der Waals surface area contributed by atoms with Gasteiger partial charge in [-0.2, -0.15) is 0 Å². The van der Waals surface area contributed by atoms with Crippen LogP contribution >= 0.6 is 11.8 Å². The first kappa shape index (κ1) is 22.9. The smallest absolute Gasteiger partial charge is 0.247 e. The Morgan fingerprint density at radius 1 is 1.13 bits per heavy atom. The molecule has 0 unspecified atom stereocenters. The van der Waals surface area contributed by atoms with Gasteiger partial charge in [-0.15, -0.1) is 0 Å². The maximum atomic E-state index is 13.0. The normalized spacial score (nSPS) is 16.7. The summed E-state index contributed by atoms with van der Waals surface area (Å²) >= 11 is 1.31. The van der Waals surface area contributed by atoms with Crippen molar-refractivity contribution in [3.8, 4) is 5.75 Å². The molecule has 2 amide bonds. The molecule has 1 aliphatic rings. The van der Waals surface area contributed by atoms with E-state index in [0.717, 1.165) is 17.9 Å². The fourth-order valence-electron chi connectivity index (χ4n) is 3.21. The Morgan fingerprint density at radius 3 is 2.52 bits per heavy atom. The van der Waals surface area contributed by atoms with E-state index in [-0.39, 0.29) is 18.2 Å². The molecule has 164 valence electrons. The first-order valence-corrected chi connectivity index (χ1v) is 11.5. The number of amides is 2. The van der Waals surface area contributed by atoms with E-state index in [4.69, 9.17) is 4.74 Å². The minimum Gasteiger partial charge on any atom is -0.494 e. The van der Waals surface area contributed by atoms with Gasteiger partial charge in [-0.1, -0.05) is 24.8 Å². The van der Waals surface area contributed by atoms with E-state index >= 15 is 0 Å². The highest BCUT2D eigenvalue weighted by molar-refractivity contribution is 8.15. The van der Waals surface area contributed by atoms with Crippen LogP contribution in [0.3, 0.4) is 0 Å². The Labute approximate surface area is 188 Å². The Hall–Kier alpha value is -2.80. The van der Waals surface area contributed by atoms with Crippen LogP contribution in [0.15, 0.2) is 47.5 Å². The largest absolute Gasteiger partial charge is 0.494 e. The zero-order chi connectivity index (χ0) is 22.4. The lowest BCUT2D eigenvalue weighted by Gasteiger charge is -2.16. The molecule has 2 aromatic rings. The molecule has 1 fully saturated rings. The van der Waals surface area contributed by atoms with Crippen molar-refractivity contribution in [2.75, 3.05) is 23.4 Å². The van der Waals surface area contributed by atoms with E-state index in [9.17, 15) is 9.59 Å². The monoisotopic (exact) mass is 439 g/mol. The number of aliphatic imine (C=N–C) groups is 1. The molecule has 0 radical (unpaired) electrons. The fraction of sp³-hybridized carbons (Fsp3) is 0.375. The molecule has 0 saturated carbocycles. The van der Waals surface area contributed by atoms with Crippen LogP contribution in [0.25, 0.3) is 0 Å². The number of carbonyl (C=O) groups is 2. The number of anilines is 2. The molecular formula is C24H29N3O3S. The number of thioether (sulfide) groups is 1. The van der Waals surface area contributed by atoms with Crippen molar-refractivity contribution in [1.82, 2.24) is 0 Å². The highest BCUT2D eigenvalue weighted by Crippen LogP contribution is 2.32. The van der Waals surface area contributed by atoms with E-state index in [1.54, 1.807) is 24.3 Å². The van der Waals surface area contributed by atoms with Gasteiger partial charge >= 0.3 is 0 Å². The number of rotatable bonds is 7. The number of carbonyl (C=O) groups excluding carboxylic acids is 2. The standard InChI is InChI=1S/C24H29N3O3S/c1-5-13-30-20-11-9-19(10-12-20)27-22(28)15-21(23(27)29)31-24(25-6-2)26-18-8-7-16(3)17(4)14-18/h7-12,14,21H,5-6,13,15H2,1-4H3,(H,25,26)/t21-/m1/s1. The second-order valence-electron chi connectivity index (χ2n) is 7.42. The zero-order valence-corrected chi connectivity index (χ0v) is 19.3. The lowest BCUT2D eigenvalue weighted by atomic mass is 10.1. The quantitative estimate of drug-likeness (QED) is 0.376.